The van der Waals surface area contributed by atoms with E-state index in [1.807, 2.05) is 30.5 Å². The van der Waals surface area contributed by atoms with Crippen LogP contribution in [0.5, 0.6) is 0 Å². The lowest BCUT2D eigenvalue weighted by molar-refractivity contribution is 0.580. The average Bonchev–Trinajstić information content (AvgIpc) is 3.09. The van der Waals surface area contributed by atoms with Gasteiger partial charge in [0, 0.05) is 11.9 Å². The zero-order valence-electron chi connectivity index (χ0n) is 15.9. The molecule has 0 bridgehead atoms. The molecule has 0 unspecified atom stereocenters. The molecule has 0 spiro atoms. The van der Waals surface area contributed by atoms with E-state index in [1.165, 1.54) is 0 Å². The Morgan fingerprint density at radius 2 is 1.74 bits per heavy atom. The van der Waals surface area contributed by atoms with Gasteiger partial charge in [0.05, 0.1) is 23.1 Å². The van der Waals surface area contributed by atoms with E-state index in [9.17, 15) is 8.42 Å². The Bertz CT molecular complexity index is 1090. The first kappa shape index (κ1) is 19.2. The van der Waals surface area contributed by atoms with Gasteiger partial charge in [-0.1, -0.05) is 25.1 Å². The molecule has 0 radical (unpaired) electrons. The number of hydrogen-bond acceptors (Lipinski definition) is 2. The number of nitrogens with zero attached hydrogens (tertiary/aromatic N) is 2. The molecule has 27 heavy (non-hydrogen) atoms. The van der Waals surface area contributed by atoms with Crippen molar-refractivity contribution < 1.29 is 8.42 Å². The van der Waals surface area contributed by atoms with Crippen molar-refractivity contribution in [2.24, 2.45) is 0 Å². The van der Waals surface area contributed by atoms with Crippen LogP contribution in [0.2, 0.25) is 0 Å². The summed E-state index contributed by atoms with van der Waals surface area (Å²) in [5.74, 6) is 0.411. The van der Waals surface area contributed by atoms with Gasteiger partial charge >= 0.3 is 0 Å². The first-order valence-corrected chi connectivity index (χ1v) is 10.8. The molecule has 3 aromatic rings. The summed E-state index contributed by atoms with van der Waals surface area (Å²) < 4.78 is 26.1. The van der Waals surface area contributed by atoms with E-state index < -0.39 is 9.84 Å². The van der Waals surface area contributed by atoms with E-state index in [0.29, 0.717) is 12.1 Å². The molecule has 1 aromatic heterocycles. The molecule has 0 fully saturated rings. The summed E-state index contributed by atoms with van der Waals surface area (Å²) in [6, 6.07) is 16.0. The average molecular weight is 381 g/mol. The summed E-state index contributed by atoms with van der Waals surface area (Å²) in [4.78, 5) is 3.48. The van der Waals surface area contributed by atoms with Crippen molar-refractivity contribution in [1.29, 1.82) is 0 Å². The molecule has 0 saturated carbocycles. The summed E-state index contributed by atoms with van der Waals surface area (Å²) in [6.45, 7) is 12.7. The molecule has 0 aliphatic rings. The van der Waals surface area contributed by atoms with Gasteiger partial charge < -0.3 is 4.57 Å². The SMILES string of the molecule is [C-]#[N+]c1ccc2c(ccn2-c2ccc([C@@H](C)CCS(=O)(=O)C(C)C)cc2)c1. The molecule has 4 nitrogen and oxygen atoms in total. The van der Waals surface area contributed by atoms with Crippen LogP contribution >= 0.6 is 0 Å². The Hall–Kier alpha value is -2.58. The lowest BCUT2D eigenvalue weighted by atomic mass is 9.98. The van der Waals surface area contributed by atoms with Gasteiger partial charge in [-0.15, -0.1) is 0 Å². The van der Waals surface area contributed by atoms with Crippen molar-refractivity contribution in [3.05, 3.63) is 71.7 Å². The lowest BCUT2D eigenvalue weighted by Gasteiger charge is -2.14. The zero-order valence-corrected chi connectivity index (χ0v) is 16.7. The highest BCUT2D eigenvalue weighted by Gasteiger charge is 2.18. The summed E-state index contributed by atoms with van der Waals surface area (Å²) >= 11 is 0. The number of rotatable bonds is 6. The third kappa shape index (κ3) is 4.06. The number of sulfone groups is 1. The van der Waals surface area contributed by atoms with Crippen LogP contribution < -0.4 is 0 Å². The zero-order chi connectivity index (χ0) is 19.6. The van der Waals surface area contributed by atoms with Gasteiger partial charge in [0.25, 0.3) is 0 Å². The fourth-order valence-corrected chi connectivity index (χ4v) is 4.28. The number of benzene rings is 2. The fourth-order valence-electron chi connectivity index (χ4n) is 3.13. The first-order valence-electron chi connectivity index (χ1n) is 9.12. The predicted octanol–water partition coefficient (Wildman–Crippen LogP) is 5.50. The number of hydrogen-bond donors (Lipinski definition) is 0. The largest absolute Gasteiger partial charge is 0.317 e. The quantitative estimate of drug-likeness (QED) is 0.530. The summed E-state index contributed by atoms with van der Waals surface area (Å²) in [5.41, 5.74) is 3.89. The highest BCUT2D eigenvalue weighted by molar-refractivity contribution is 7.91. The van der Waals surface area contributed by atoms with Crippen molar-refractivity contribution in [1.82, 2.24) is 4.57 Å². The van der Waals surface area contributed by atoms with Crippen molar-refractivity contribution >= 4 is 26.4 Å². The molecule has 0 aliphatic carbocycles. The minimum absolute atomic E-state index is 0.190. The van der Waals surface area contributed by atoms with Crippen LogP contribution in [-0.2, 0) is 9.84 Å². The maximum atomic E-state index is 12.0. The smallest absolute Gasteiger partial charge is 0.187 e. The summed E-state index contributed by atoms with van der Waals surface area (Å²) in [7, 11) is -3.00. The van der Waals surface area contributed by atoms with Gasteiger partial charge in [-0.3, -0.25) is 0 Å². The van der Waals surface area contributed by atoms with Gasteiger partial charge in [0.1, 0.15) is 0 Å². The maximum Gasteiger partial charge on any atom is 0.187 e. The molecule has 0 amide bonds. The Kier molecular flexibility index (Phi) is 5.38. The van der Waals surface area contributed by atoms with Crippen LogP contribution in [0.1, 0.15) is 38.7 Å². The molecule has 140 valence electrons. The maximum absolute atomic E-state index is 12.0. The molecule has 0 saturated heterocycles. The number of fused-ring (bicyclic) bond motifs is 1. The van der Waals surface area contributed by atoms with Crippen LogP contribution in [-0.4, -0.2) is 24.0 Å². The van der Waals surface area contributed by atoms with Crippen LogP contribution in [0.25, 0.3) is 21.4 Å². The number of aromatic nitrogens is 1. The van der Waals surface area contributed by atoms with Crippen LogP contribution in [0.15, 0.2) is 54.7 Å². The van der Waals surface area contributed by atoms with E-state index in [2.05, 4.69) is 40.6 Å². The Balaban J connectivity index is 1.79. The second-order valence-electron chi connectivity index (χ2n) is 7.24. The predicted molar refractivity (Wildman–Crippen MR) is 111 cm³/mol. The standard InChI is InChI=1S/C22H24N2O2S/c1-16(2)27(25,26)14-12-17(3)18-5-8-21(9-6-18)24-13-11-19-15-20(23-4)7-10-22(19)24/h5-11,13,15-17H,12,14H2,1-3H3/t17-/m0/s1. The second-order valence-corrected chi connectivity index (χ2v) is 9.91. The molecular formula is C22H24N2O2S. The monoisotopic (exact) mass is 380 g/mol. The van der Waals surface area contributed by atoms with Crippen molar-refractivity contribution in [2.45, 2.75) is 38.4 Å². The summed E-state index contributed by atoms with van der Waals surface area (Å²) in [5, 5.41) is 0.720. The first-order chi connectivity index (χ1) is 12.8. The third-order valence-corrected chi connectivity index (χ3v) is 7.34. The lowest BCUT2D eigenvalue weighted by Crippen LogP contribution is -2.18. The Morgan fingerprint density at radius 1 is 1.04 bits per heavy atom. The molecular weight excluding hydrogens is 356 g/mol. The van der Waals surface area contributed by atoms with Crippen molar-refractivity contribution in [2.75, 3.05) is 5.75 Å². The van der Waals surface area contributed by atoms with E-state index in [1.54, 1.807) is 13.8 Å². The minimum Gasteiger partial charge on any atom is -0.317 e. The molecule has 1 heterocycles. The minimum atomic E-state index is -3.00. The molecule has 5 heteroatoms. The van der Waals surface area contributed by atoms with Gasteiger partial charge in [-0.25, -0.2) is 13.3 Å². The summed E-state index contributed by atoms with van der Waals surface area (Å²) in [6.07, 6.45) is 2.64. The van der Waals surface area contributed by atoms with Crippen LogP contribution in [0, 0.1) is 6.57 Å². The molecule has 2 aromatic carbocycles. The Morgan fingerprint density at radius 3 is 2.37 bits per heavy atom. The van der Waals surface area contributed by atoms with Gasteiger partial charge in [-0.05, 0) is 67.5 Å². The normalized spacial score (nSPS) is 13.0. The van der Waals surface area contributed by atoms with Gasteiger partial charge in [-0.2, -0.15) is 0 Å². The van der Waals surface area contributed by atoms with E-state index >= 15 is 0 Å². The van der Waals surface area contributed by atoms with Crippen molar-refractivity contribution in [3.63, 3.8) is 0 Å². The molecule has 0 aliphatic heterocycles. The highest BCUT2D eigenvalue weighted by atomic mass is 32.2. The Labute approximate surface area is 161 Å². The molecule has 3 rings (SSSR count). The van der Waals surface area contributed by atoms with Crippen molar-refractivity contribution in [3.8, 4) is 5.69 Å². The molecule has 1 atom stereocenters. The van der Waals surface area contributed by atoms with E-state index in [4.69, 9.17) is 6.57 Å². The van der Waals surface area contributed by atoms with E-state index in [-0.39, 0.29) is 16.9 Å². The molecule has 0 N–H and O–H groups in total. The van der Waals surface area contributed by atoms with Gasteiger partial charge in [0.2, 0.25) is 0 Å². The van der Waals surface area contributed by atoms with Crippen LogP contribution in [0.4, 0.5) is 5.69 Å². The van der Waals surface area contributed by atoms with Gasteiger partial charge in [0.15, 0.2) is 15.5 Å². The van der Waals surface area contributed by atoms with E-state index in [0.717, 1.165) is 22.2 Å². The third-order valence-electron chi connectivity index (χ3n) is 5.10. The fraction of sp³-hybridized carbons (Fsp3) is 0.318. The second kappa shape index (κ2) is 7.58. The van der Waals surface area contributed by atoms with Crippen LogP contribution in [0.3, 0.4) is 0 Å². The highest BCUT2D eigenvalue weighted by Crippen LogP contribution is 2.27. The topological polar surface area (TPSA) is 43.4 Å².